The van der Waals surface area contributed by atoms with Crippen LogP contribution in [0.5, 0.6) is 11.5 Å². The molecular weight excluding hydrogens is 499 g/mol. The van der Waals surface area contributed by atoms with Crippen molar-refractivity contribution >= 4 is 35.0 Å². The largest absolute Gasteiger partial charge is 0.490 e. The lowest BCUT2D eigenvalue weighted by atomic mass is 10.1. The first kappa shape index (κ1) is 29.8. The SMILES string of the molecule is CCOc1ccc(CCC(=O)N(Cc2c(Cl)cccc2Cl)[C@H](CC)C(=O)NCC(C)C)cc1OCC. The Morgan fingerprint density at radius 3 is 2.19 bits per heavy atom. The average Bonchev–Trinajstić information content (AvgIpc) is 2.84. The fraction of sp³-hybridized carbons (Fsp3) is 0.500. The van der Waals surface area contributed by atoms with Crippen LogP contribution in [0.2, 0.25) is 10.0 Å². The highest BCUT2D eigenvalue weighted by Gasteiger charge is 2.29. The van der Waals surface area contributed by atoms with Gasteiger partial charge in [-0.05, 0) is 62.4 Å². The van der Waals surface area contributed by atoms with E-state index in [4.69, 9.17) is 32.7 Å². The maximum absolute atomic E-state index is 13.6. The Kier molecular flexibility index (Phi) is 12.4. The summed E-state index contributed by atoms with van der Waals surface area (Å²) in [5.41, 5.74) is 1.58. The molecule has 0 aromatic heterocycles. The molecule has 8 heteroatoms. The predicted octanol–water partition coefficient (Wildman–Crippen LogP) is 6.30. The van der Waals surface area contributed by atoms with Crippen LogP contribution in [0.25, 0.3) is 0 Å². The van der Waals surface area contributed by atoms with Crippen LogP contribution in [-0.4, -0.2) is 42.5 Å². The normalized spacial score (nSPS) is 11.8. The molecule has 198 valence electrons. The van der Waals surface area contributed by atoms with Crippen molar-refractivity contribution < 1.29 is 19.1 Å². The fourth-order valence-electron chi connectivity index (χ4n) is 3.84. The zero-order chi connectivity index (χ0) is 26.7. The van der Waals surface area contributed by atoms with Gasteiger partial charge < -0.3 is 19.7 Å². The molecule has 1 atom stereocenters. The molecule has 6 nitrogen and oxygen atoms in total. The van der Waals surface area contributed by atoms with Gasteiger partial charge in [-0.25, -0.2) is 0 Å². The average molecular weight is 538 g/mol. The smallest absolute Gasteiger partial charge is 0.242 e. The van der Waals surface area contributed by atoms with Gasteiger partial charge in [0.15, 0.2) is 11.5 Å². The number of hydrogen-bond acceptors (Lipinski definition) is 4. The summed E-state index contributed by atoms with van der Waals surface area (Å²) >= 11 is 12.8. The topological polar surface area (TPSA) is 67.9 Å². The van der Waals surface area contributed by atoms with Crippen LogP contribution in [0, 0.1) is 5.92 Å². The lowest BCUT2D eigenvalue weighted by molar-refractivity contribution is -0.141. The first-order valence-electron chi connectivity index (χ1n) is 12.6. The zero-order valence-corrected chi connectivity index (χ0v) is 23.4. The maximum Gasteiger partial charge on any atom is 0.242 e. The van der Waals surface area contributed by atoms with E-state index in [9.17, 15) is 9.59 Å². The quantitative estimate of drug-likeness (QED) is 0.307. The van der Waals surface area contributed by atoms with Crippen molar-refractivity contribution in [1.82, 2.24) is 10.2 Å². The number of halogens is 2. The minimum Gasteiger partial charge on any atom is -0.490 e. The lowest BCUT2D eigenvalue weighted by Gasteiger charge is -2.31. The van der Waals surface area contributed by atoms with Crippen LogP contribution < -0.4 is 14.8 Å². The Balaban J connectivity index is 2.28. The summed E-state index contributed by atoms with van der Waals surface area (Å²) in [6.07, 6.45) is 1.17. The van der Waals surface area contributed by atoms with Gasteiger partial charge in [-0.2, -0.15) is 0 Å². The molecule has 0 bridgehead atoms. The first-order valence-corrected chi connectivity index (χ1v) is 13.4. The number of nitrogens with one attached hydrogen (secondary N) is 1. The summed E-state index contributed by atoms with van der Waals surface area (Å²) in [7, 11) is 0. The Hall–Kier alpha value is -2.44. The summed E-state index contributed by atoms with van der Waals surface area (Å²) in [6.45, 7) is 11.5. The molecule has 36 heavy (non-hydrogen) atoms. The molecule has 2 rings (SSSR count). The highest BCUT2D eigenvalue weighted by molar-refractivity contribution is 6.36. The van der Waals surface area contributed by atoms with Gasteiger partial charge in [0, 0.05) is 35.1 Å². The van der Waals surface area contributed by atoms with Gasteiger partial charge in [0.2, 0.25) is 11.8 Å². The van der Waals surface area contributed by atoms with E-state index in [-0.39, 0.29) is 24.8 Å². The Morgan fingerprint density at radius 1 is 0.972 bits per heavy atom. The molecule has 0 heterocycles. The summed E-state index contributed by atoms with van der Waals surface area (Å²) in [5, 5.41) is 3.89. The van der Waals surface area contributed by atoms with Crippen LogP contribution in [0.4, 0.5) is 0 Å². The van der Waals surface area contributed by atoms with Gasteiger partial charge in [-0.15, -0.1) is 0 Å². The second-order valence-corrected chi connectivity index (χ2v) is 9.75. The van der Waals surface area contributed by atoms with E-state index in [0.717, 1.165) is 5.56 Å². The van der Waals surface area contributed by atoms with E-state index in [1.165, 1.54) is 0 Å². The van der Waals surface area contributed by atoms with Gasteiger partial charge in [0.05, 0.1) is 13.2 Å². The maximum atomic E-state index is 13.6. The van der Waals surface area contributed by atoms with Crippen LogP contribution in [0.3, 0.4) is 0 Å². The molecule has 0 radical (unpaired) electrons. The van der Waals surface area contributed by atoms with Gasteiger partial charge in [0.25, 0.3) is 0 Å². The lowest BCUT2D eigenvalue weighted by Crippen LogP contribution is -2.49. The summed E-state index contributed by atoms with van der Waals surface area (Å²) < 4.78 is 11.4. The number of carbonyl (C=O) groups is 2. The number of ether oxygens (including phenoxy) is 2. The highest BCUT2D eigenvalue weighted by atomic mass is 35.5. The number of carbonyl (C=O) groups excluding carboxylic acids is 2. The molecule has 0 aliphatic heterocycles. The Labute approximate surface area is 225 Å². The van der Waals surface area contributed by atoms with E-state index in [2.05, 4.69) is 5.32 Å². The third-order valence-electron chi connectivity index (χ3n) is 5.70. The van der Waals surface area contributed by atoms with E-state index in [0.29, 0.717) is 65.6 Å². The van der Waals surface area contributed by atoms with Crippen LogP contribution in [0.15, 0.2) is 36.4 Å². The monoisotopic (exact) mass is 536 g/mol. The van der Waals surface area contributed by atoms with Gasteiger partial charge in [0.1, 0.15) is 6.04 Å². The molecule has 2 aromatic rings. The number of amides is 2. The van der Waals surface area contributed by atoms with Gasteiger partial charge in [-0.3, -0.25) is 9.59 Å². The van der Waals surface area contributed by atoms with Crippen molar-refractivity contribution in [2.45, 2.75) is 66.5 Å². The molecule has 2 aromatic carbocycles. The second-order valence-electron chi connectivity index (χ2n) is 8.93. The van der Waals surface area contributed by atoms with Crippen LogP contribution in [-0.2, 0) is 22.6 Å². The van der Waals surface area contributed by atoms with E-state index in [1.807, 2.05) is 52.8 Å². The predicted molar refractivity (Wildman–Crippen MR) is 146 cm³/mol. The van der Waals surface area contributed by atoms with Gasteiger partial charge >= 0.3 is 0 Å². The Morgan fingerprint density at radius 2 is 1.61 bits per heavy atom. The molecule has 0 aliphatic carbocycles. The van der Waals surface area contributed by atoms with E-state index >= 15 is 0 Å². The van der Waals surface area contributed by atoms with Crippen LogP contribution in [0.1, 0.15) is 58.6 Å². The molecule has 1 N–H and O–H groups in total. The zero-order valence-electron chi connectivity index (χ0n) is 21.9. The summed E-state index contributed by atoms with van der Waals surface area (Å²) in [5.74, 6) is 1.31. The molecule has 0 saturated heterocycles. The van der Waals surface area contributed by atoms with Gasteiger partial charge in [-0.1, -0.05) is 56.1 Å². The minimum atomic E-state index is -0.636. The minimum absolute atomic E-state index is 0.149. The fourth-order valence-corrected chi connectivity index (χ4v) is 4.36. The molecule has 0 unspecified atom stereocenters. The summed E-state index contributed by atoms with van der Waals surface area (Å²) in [4.78, 5) is 28.2. The molecule has 0 fully saturated rings. The molecule has 2 amide bonds. The number of benzene rings is 2. The molecule has 0 aliphatic rings. The number of aryl methyl sites for hydroxylation is 1. The number of nitrogens with zero attached hydrogens (tertiary/aromatic N) is 1. The third-order valence-corrected chi connectivity index (χ3v) is 6.40. The molecule has 0 saturated carbocycles. The van der Waals surface area contributed by atoms with Crippen LogP contribution >= 0.6 is 23.2 Å². The number of hydrogen-bond donors (Lipinski definition) is 1. The first-order chi connectivity index (χ1) is 17.2. The van der Waals surface area contributed by atoms with Crippen molar-refractivity contribution in [2.24, 2.45) is 5.92 Å². The second kappa shape index (κ2) is 15.0. The van der Waals surface area contributed by atoms with Crippen molar-refractivity contribution in [3.8, 4) is 11.5 Å². The van der Waals surface area contributed by atoms with Crippen molar-refractivity contribution in [1.29, 1.82) is 0 Å². The third kappa shape index (κ3) is 8.59. The van der Waals surface area contributed by atoms with Crippen molar-refractivity contribution in [2.75, 3.05) is 19.8 Å². The molecule has 0 spiro atoms. The van der Waals surface area contributed by atoms with Crippen molar-refractivity contribution in [3.05, 3.63) is 57.6 Å². The summed E-state index contributed by atoms with van der Waals surface area (Å²) in [6, 6.07) is 10.3. The van der Waals surface area contributed by atoms with Crippen molar-refractivity contribution in [3.63, 3.8) is 0 Å². The molecular formula is C28H38Cl2N2O4. The van der Waals surface area contributed by atoms with E-state index in [1.54, 1.807) is 23.1 Å². The number of rotatable bonds is 14. The highest BCUT2D eigenvalue weighted by Crippen LogP contribution is 2.30. The van der Waals surface area contributed by atoms with E-state index < -0.39 is 6.04 Å². The standard InChI is InChI=1S/C28H38Cl2N2O4/c1-6-24(28(34)31-17-19(4)5)32(18-21-22(29)10-9-11-23(21)30)27(33)15-13-20-12-14-25(35-7-2)26(16-20)36-8-3/h9-12,14,16,19,24H,6-8,13,15,17-18H2,1-5H3,(H,31,34)/t24-/m1/s1. The Bertz CT molecular complexity index is 993.